The monoisotopic (exact) mass is 554 g/mol. The first kappa shape index (κ1) is 27.0. The Balaban J connectivity index is 1.37. The average molecular weight is 555 g/mol. The highest BCUT2D eigenvalue weighted by atomic mass is 16.4. The third kappa shape index (κ3) is 5.07. The van der Waals surface area contributed by atoms with Gasteiger partial charge in [-0.25, -0.2) is 4.98 Å². The second-order valence-corrected chi connectivity index (χ2v) is 12.1. The van der Waals surface area contributed by atoms with Crippen LogP contribution in [0.4, 0.5) is 17.5 Å². The Hall–Kier alpha value is -4.21. The molecule has 3 N–H and O–H groups in total. The van der Waals surface area contributed by atoms with Crippen molar-refractivity contribution in [2.24, 2.45) is 5.41 Å². The second kappa shape index (κ2) is 10.3. The normalized spacial score (nSPS) is 16.6. The third-order valence-corrected chi connectivity index (χ3v) is 8.72. The number of carbonyl (C=O) groups is 1. The molecule has 1 aromatic carbocycles. The number of nitrogens with one attached hydrogen (secondary N) is 2. The number of hydrogen-bond donors (Lipinski definition) is 3. The fourth-order valence-electron chi connectivity index (χ4n) is 6.28. The molecule has 0 saturated carbocycles. The van der Waals surface area contributed by atoms with E-state index in [0.29, 0.717) is 18.1 Å². The van der Waals surface area contributed by atoms with E-state index < -0.39 is 5.97 Å². The first-order chi connectivity index (χ1) is 19.6. The molecule has 0 spiro atoms. The number of fused-ring (bicyclic) bond motifs is 2. The highest BCUT2D eigenvalue weighted by Crippen LogP contribution is 2.42. The number of nitrogens with zero attached hydrogens (tertiary/aromatic N) is 6. The lowest BCUT2D eigenvalue weighted by atomic mass is 9.82. The largest absolute Gasteiger partial charge is 0.481 e. The second-order valence-electron chi connectivity index (χ2n) is 12.1. The van der Waals surface area contributed by atoms with Crippen molar-refractivity contribution >= 4 is 34.6 Å². The number of carboxylic acid groups (broad SMARTS) is 1. The number of piperidine rings is 1. The maximum Gasteiger partial charge on any atom is 0.307 e. The summed E-state index contributed by atoms with van der Waals surface area (Å²) in [6, 6.07) is 6.65. The molecule has 3 aromatic heterocycles. The van der Waals surface area contributed by atoms with E-state index in [2.05, 4.69) is 57.1 Å². The van der Waals surface area contributed by atoms with Crippen LogP contribution in [0.1, 0.15) is 54.8 Å². The van der Waals surface area contributed by atoms with Crippen molar-refractivity contribution in [3.05, 3.63) is 52.6 Å². The fraction of sp³-hybridized carbons (Fsp3) is 0.452. The van der Waals surface area contributed by atoms with E-state index >= 15 is 0 Å². The Kier molecular flexibility index (Phi) is 6.79. The maximum absolute atomic E-state index is 12.0. The van der Waals surface area contributed by atoms with Gasteiger partial charge in [0, 0.05) is 55.7 Å². The number of imidazole rings is 1. The minimum Gasteiger partial charge on any atom is -0.481 e. The van der Waals surface area contributed by atoms with Gasteiger partial charge in [0.2, 0.25) is 5.95 Å². The molecule has 0 radical (unpaired) electrons. The number of aromatic amines is 1. The predicted molar refractivity (Wildman–Crippen MR) is 162 cm³/mol. The summed E-state index contributed by atoms with van der Waals surface area (Å²) in [6.07, 6.45) is 4.60. The lowest BCUT2D eigenvalue weighted by molar-refractivity contribution is -0.136. The summed E-state index contributed by atoms with van der Waals surface area (Å²) < 4.78 is 0. The van der Waals surface area contributed by atoms with Crippen molar-refractivity contribution in [1.29, 1.82) is 0 Å². The highest BCUT2D eigenvalue weighted by molar-refractivity contribution is 5.87. The van der Waals surface area contributed by atoms with Gasteiger partial charge in [0.25, 0.3) is 0 Å². The summed E-state index contributed by atoms with van der Waals surface area (Å²) in [6.45, 7) is 11.9. The molecule has 5 heterocycles. The van der Waals surface area contributed by atoms with Crippen LogP contribution < -0.4 is 15.1 Å². The number of benzene rings is 1. The molecule has 0 atom stereocenters. The van der Waals surface area contributed by atoms with Crippen LogP contribution in [0.3, 0.4) is 0 Å². The lowest BCUT2D eigenvalue weighted by Crippen LogP contribution is -2.38. The molecule has 10 heteroatoms. The number of pyridine rings is 1. The van der Waals surface area contributed by atoms with Gasteiger partial charge in [0.15, 0.2) is 11.5 Å². The van der Waals surface area contributed by atoms with Crippen LogP contribution >= 0.6 is 0 Å². The Morgan fingerprint density at radius 3 is 2.56 bits per heavy atom. The summed E-state index contributed by atoms with van der Waals surface area (Å²) >= 11 is 0. The van der Waals surface area contributed by atoms with Gasteiger partial charge in [-0.05, 0) is 55.2 Å². The van der Waals surface area contributed by atoms with Crippen LogP contribution in [-0.4, -0.2) is 62.7 Å². The minimum absolute atomic E-state index is 0.0316. The predicted octanol–water partition coefficient (Wildman–Crippen LogP) is 4.89. The number of rotatable bonds is 6. The molecular formula is C31H38N8O2. The van der Waals surface area contributed by atoms with Gasteiger partial charge in [-0.3, -0.25) is 9.78 Å². The molecule has 1 saturated heterocycles. The van der Waals surface area contributed by atoms with Gasteiger partial charge in [0.05, 0.1) is 18.4 Å². The SMILES string of the molecule is CNc1nc(N2CCc3cc(-c4c(C)nc(C)c(CC(=O)O)c4N4CCC(C)(C)CC4)ccc3C2)nc2nc[nH]c12. The van der Waals surface area contributed by atoms with Gasteiger partial charge in [-0.15, -0.1) is 0 Å². The van der Waals surface area contributed by atoms with Crippen LogP contribution in [0.5, 0.6) is 0 Å². The van der Waals surface area contributed by atoms with Gasteiger partial charge in [-0.2, -0.15) is 9.97 Å². The fourth-order valence-corrected chi connectivity index (χ4v) is 6.28. The molecule has 214 valence electrons. The number of hydrogen-bond acceptors (Lipinski definition) is 8. The van der Waals surface area contributed by atoms with E-state index in [1.807, 2.05) is 20.9 Å². The van der Waals surface area contributed by atoms with E-state index in [9.17, 15) is 9.90 Å². The summed E-state index contributed by atoms with van der Waals surface area (Å²) in [5, 5.41) is 13.0. The van der Waals surface area contributed by atoms with Crippen LogP contribution in [0.25, 0.3) is 22.3 Å². The van der Waals surface area contributed by atoms with E-state index in [1.165, 1.54) is 11.1 Å². The van der Waals surface area contributed by atoms with Crippen LogP contribution in [0.15, 0.2) is 24.5 Å². The molecule has 0 unspecified atom stereocenters. The smallest absolute Gasteiger partial charge is 0.307 e. The Bertz CT molecular complexity index is 1630. The topological polar surface area (TPSA) is 123 Å². The molecule has 2 aliphatic rings. The minimum atomic E-state index is -0.828. The van der Waals surface area contributed by atoms with Crippen molar-refractivity contribution in [3.63, 3.8) is 0 Å². The molecular weight excluding hydrogens is 516 g/mol. The van der Waals surface area contributed by atoms with Crippen molar-refractivity contribution in [3.8, 4) is 11.1 Å². The molecule has 6 rings (SSSR count). The quantitative estimate of drug-likeness (QED) is 0.306. The van der Waals surface area contributed by atoms with E-state index in [1.54, 1.807) is 6.33 Å². The molecule has 41 heavy (non-hydrogen) atoms. The molecule has 1 fully saturated rings. The van der Waals surface area contributed by atoms with Gasteiger partial charge < -0.3 is 25.2 Å². The summed E-state index contributed by atoms with van der Waals surface area (Å²) in [4.78, 5) is 38.3. The molecule has 2 aliphatic heterocycles. The Morgan fingerprint density at radius 1 is 1.05 bits per heavy atom. The lowest BCUT2D eigenvalue weighted by Gasteiger charge is -2.40. The van der Waals surface area contributed by atoms with Crippen molar-refractivity contribution in [2.75, 3.05) is 41.8 Å². The van der Waals surface area contributed by atoms with Gasteiger partial charge in [-0.1, -0.05) is 32.0 Å². The van der Waals surface area contributed by atoms with Crippen molar-refractivity contribution in [2.45, 2.75) is 59.9 Å². The zero-order valence-electron chi connectivity index (χ0n) is 24.5. The summed E-state index contributed by atoms with van der Waals surface area (Å²) in [5.74, 6) is 0.568. The zero-order valence-corrected chi connectivity index (χ0v) is 24.5. The first-order valence-corrected chi connectivity index (χ1v) is 14.4. The number of carboxylic acids is 1. The Labute approximate surface area is 240 Å². The van der Waals surface area contributed by atoms with Crippen LogP contribution in [0, 0.1) is 19.3 Å². The molecule has 4 aromatic rings. The average Bonchev–Trinajstić information content (AvgIpc) is 3.42. The van der Waals surface area contributed by atoms with E-state index in [0.717, 1.165) is 84.0 Å². The number of H-pyrrole nitrogens is 1. The summed E-state index contributed by atoms with van der Waals surface area (Å²) in [5.41, 5.74) is 10.0. The van der Waals surface area contributed by atoms with Gasteiger partial charge >= 0.3 is 5.97 Å². The number of anilines is 3. The number of aromatic nitrogens is 5. The molecule has 0 aliphatic carbocycles. The van der Waals surface area contributed by atoms with Gasteiger partial charge in [0.1, 0.15) is 5.52 Å². The van der Waals surface area contributed by atoms with E-state index in [4.69, 9.17) is 15.0 Å². The molecule has 0 bridgehead atoms. The highest BCUT2D eigenvalue weighted by Gasteiger charge is 2.31. The summed E-state index contributed by atoms with van der Waals surface area (Å²) in [7, 11) is 1.85. The van der Waals surface area contributed by atoms with Crippen LogP contribution in [-0.2, 0) is 24.2 Å². The Morgan fingerprint density at radius 2 is 1.83 bits per heavy atom. The number of aryl methyl sites for hydroxylation is 2. The molecule has 0 amide bonds. The maximum atomic E-state index is 12.0. The first-order valence-electron chi connectivity index (χ1n) is 14.4. The zero-order chi connectivity index (χ0) is 28.9. The van der Waals surface area contributed by atoms with Crippen molar-refractivity contribution in [1.82, 2.24) is 24.9 Å². The van der Waals surface area contributed by atoms with Crippen LogP contribution in [0.2, 0.25) is 0 Å². The standard InChI is InChI=1S/C31H38N8O2/c1-18-23(15-24(40)41)27(38-12-9-31(3,4)10-13-38)25(19(2)35-18)21-6-7-22-16-39(11-8-20(22)14-21)30-36-28(32-5)26-29(37-30)34-17-33-26/h6-7,14,17H,8-13,15-16H2,1-5H3,(H,40,41)(H2,32,33,34,36,37). The van der Waals surface area contributed by atoms with E-state index in [-0.39, 0.29) is 11.8 Å². The van der Waals surface area contributed by atoms with Crippen molar-refractivity contribution < 1.29 is 9.90 Å². The number of aliphatic carboxylic acids is 1. The third-order valence-electron chi connectivity index (χ3n) is 8.72. The molecule has 10 nitrogen and oxygen atoms in total.